The van der Waals surface area contributed by atoms with Gasteiger partial charge >= 0.3 is 0 Å². The van der Waals surface area contributed by atoms with E-state index >= 15 is 0 Å². The van der Waals surface area contributed by atoms with Crippen molar-refractivity contribution in [2.45, 2.75) is 31.7 Å². The molecule has 1 heterocycles. The Hall–Kier alpha value is -2.28. The summed E-state index contributed by atoms with van der Waals surface area (Å²) in [5.41, 5.74) is 8.97. The first-order chi connectivity index (χ1) is 11.4. The van der Waals surface area contributed by atoms with Crippen LogP contribution in [0.5, 0.6) is 0 Å². The molecule has 0 spiro atoms. The van der Waals surface area contributed by atoms with Crippen LogP contribution in [-0.4, -0.2) is 11.4 Å². The fourth-order valence-corrected chi connectivity index (χ4v) is 4.48. The molecule has 23 heavy (non-hydrogen) atoms. The molecule has 5 rings (SSSR count). The molecule has 0 bridgehead atoms. The molecule has 1 unspecified atom stereocenters. The maximum absolute atomic E-state index is 2.52. The largest absolute Gasteiger partial charge is 0.370 e. The van der Waals surface area contributed by atoms with Crippen molar-refractivity contribution >= 4 is 6.08 Å². The molecular weight excluding hydrogens is 278 g/mol. The zero-order valence-corrected chi connectivity index (χ0v) is 13.3. The maximum Gasteiger partial charge on any atom is 0.0577 e. The number of nitrogens with zero attached hydrogens (tertiary/aromatic N) is 1. The van der Waals surface area contributed by atoms with Gasteiger partial charge in [0.2, 0.25) is 0 Å². The Labute approximate surface area is 138 Å². The Morgan fingerprint density at radius 1 is 0.913 bits per heavy atom. The molecule has 0 saturated heterocycles. The summed E-state index contributed by atoms with van der Waals surface area (Å²) in [4.78, 5) is 2.52. The highest BCUT2D eigenvalue weighted by molar-refractivity contribution is 5.79. The molecule has 0 aromatic heterocycles. The van der Waals surface area contributed by atoms with Gasteiger partial charge in [-0.2, -0.15) is 0 Å². The van der Waals surface area contributed by atoms with Crippen LogP contribution in [-0.2, 0) is 12.8 Å². The van der Waals surface area contributed by atoms with Gasteiger partial charge in [0.05, 0.1) is 6.04 Å². The first kappa shape index (κ1) is 13.2. The van der Waals surface area contributed by atoms with Crippen LogP contribution in [0.2, 0.25) is 0 Å². The van der Waals surface area contributed by atoms with E-state index in [1.807, 2.05) is 0 Å². The molecule has 0 radical (unpaired) electrons. The van der Waals surface area contributed by atoms with Crippen LogP contribution in [0.4, 0.5) is 0 Å². The molecule has 2 aromatic rings. The van der Waals surface area contributed by atoms with Crippen molar-refractivity contribution in [3.8, 4) is 11.1 Å². The SMILES string of the molecule is C1=CN(C2CC=Cc3c2ccc2c3CCc3ccccc3-2)CC1. The summed E-state index contributed by atoms with van der Waals surface area (Å²) >= 11 is 0. The molecule has 1 atom stereocenters. The summed E-state index contributed by atoms with van der Waals surface area (Å²) in [6.07, 6.45) is 14.0. The second-order valence-electron chi connectivity index (χ2n) is 6.82. The van der Waals surface area contributed by atoms with Crippen molar-refractivity contribution in [2.24, 2.45) is 0 Å². The van der Waals surface area contributed by atoms with Crippen LogP contribution < -0.4 is 0 Å². The molecular formula is C22H21N. The normalized spacial score (nSPS) is 21.0. The minimum atomic E-state index is 0.524. The predicted molar refractivity (Wildman–Crippen MR) is 96.1 cm³/mol. The lowest BCUT2D eigenvalue weighted by Gasteiger charge is -2.33. The summed E-state index contributed by atoms with van der Waals surface area (Å²) in [6.45, 7) is 1.16. The number of benzene rings is 2. The van der Waals surface area contributed by atoms with Gasteiger partial charge in [0.1, 0.15) is 0 Å². The number of hydrogen-bond donors (Lipinski definition) is 0. The van der Waals surface area contributed by atoms with Gasteiger partial charge in [0.15, 0.2) is 0 Å². The second kappa shape index (κ2) is 5.13. The number of fused-ring (bicyclic) bond motifs is 5. The summed E-state index contributed by atoms with van der Waals surface area (Å²) in [5.74, 6) is 0. The van der Waals surface area contributed by atoms with Gasteiger partial charge in [-0.1, -0.05) is 54.6 Å². The van der Waals surface area contributed by atoms with Crippen molar-refractivity contribution in [1.29, 1.82) is 0 Å². The highest BCUT2D eigenvalue weighted by Gasteiger charge is 2.27. The van der Waals surface area contributed by atoms with Gasteiger partial charge in [-0.3, -0.25) is 0 Å². The topological polar surface area (TPSA) is 3.24 Å². The fraction of sp³-hybridized carbons (Fsp3) is 0.273. The zero-order valence-electron chi connectivity index (χ0n) is 13.3. The van der Waals surface area contributed by atoms with E-state index in [4.69, 9.17) is 0 Å². The summed E-state index contributed by atoms with van der Waals surface area (Å²) in [6, 6.07) is 14.2. The Morgan fingerprint density at radius 3 is 2.78 bits per heavy atom. The highest BCUT2D eigenvalue weighted by atomic mass is 15.1. The first-order valence-electron chi connectivity index (χ1n) is 8.75. The third-order valence-corrected chi connectivity index (χ3v) is 5.60. The lowest BCUT2D eigenvalue weighted by atomic mass is 9.79. The van der Waals surface area contributed by atoms with Crippen molar-refractivity contribution in [3.63, 3.8) is 0 Å². The van der Waals surface area contributed by atoms with Gasteiger partial charge in [0.25, 0.3) is 0 Å². The molecule has 114 valence electrons. The quantitative estimate of drug-likeness (QED) is 0.705. The summed E-state index contributed by atoms with van der Waals surface area (Å²) in [5, 5.41) is 0. The van der Waals surface area contributed by atoms with Gasteiger partial charge in [-0.15, -0.1) is 0 Å². The van der Waals surface area contributed by atoms with Gasteiger partial charge in [-0.05, 0) is 65.3 Å². The van der Waals surface area contributed by atoms with Crippen molar-refractivity contribution in [1.82, 2.24) is 4.90 Å². The molecule has 1 heteroatoms. The molecule has 2 aliphatic carbocycles. The highest BCUT2D eigenvalue weighted by Crippen LogP contribution is 2.42. The van der Waals surface area contributed by atoms with Crippen LogP contribution in [0.15, 0.2) is 54.8 Å². The molecule has 3 aliphatic rings. The van der Waals surface area contributed by atoms with Crippen LogP contribution in [0.1, 0.15) is 41.1 Å². The lowest BCUT2D eigenvalue weighted by molar-refractivity contribution is 0.301. The molecule has 1 nitrogen and oxygen atoms in total. The summed E-state index contributed by atoms with van der Waals surface area (Å²) in [7, 11) is 0. The van der Waals surface area contributed by atoms with Crippen LogP contribution >= 0.6 is 0 Å². The Morgan fingerprint density at radius 2 is 1.87 bits per heavy atom. The molecule has 2 aromatic carbocycles. The van der Waals surface area contributed by atoms with Crippen molar-refractivity contribution in [2.75, 3.05) is 6.54 Å². The predicted octanol–water partition coefficient (Wildman–Crippen LogP) is 5.13. The van der Waals surface area contributed by atoms with Crippen LogP contribution in [0.25, 0.3) is 17.2 Å². The fourth-order valence-electron chi connectivity index (χ4n) is 4.48. The van der Waals surface area contributed by atoms with E-state index in [9.17, 15) is 0 Å². The Balaban J connectivity index is 1.66. The number of hydrogen-bond acceptors (Lipinski definition) is 1. The van der Waals surface area contributed by atoms with E-state index < -0.39 is 0 Å². The monoisotopic (exact) mass is 299 g/mol. The Kier molecular flexibility index (Phi) is 2.94. The second-order valence-corrected chi connectivity index (χ2v) is 6.82. The smallest absolute Gasteiger partial charge is 0.0577 e. The third kappa shape index (κ3) is 1.99. The van der Waals surface area contributed by atoms with Crippen molar-refractivity contribution in [3.05, 3.63) is 77.0 Å². The van der Waals surface area contributed by atoms with E-state index in [0.717, 1.165) is 13.0 Å². The molecule has 0 saturated carbocycles. The third-order valence-electron chi connectivity index (χ3n) is 5.60. The van der Waals surface area contributed by atoms with E-state index in [2.05, 4.69) is 65.7 Å². The van der Waals surface area contributed by atoms with E-state index in [-0.39, 0.29) is 0 Å². The van der Waals surface area contributed by atoms with E-state index in [1.54, 1.807) is 5.56 Å². The van der Waals surface area contributed by atoms with Crippen molar-refractivity contribution < 1.29 is 0 Å². The van der Waals surface area contributed by atoms with Gasteiger partial charge in [0, 0.05) is 6.54 Å². The number of rotatable bonds is 1. The average molecular weight is 299 g/mol. The standard InChI is InChI=1S/C22H21N/c1-2-7-17-16(6-1)10-11-20-18-8-5-9-22(23-14-3-4-15-23)21(18)13-12-19(17)20/h1-3,5-8,12-14,22H,4,9-11,15H2. The molecule has 1 aliphatic heterocycles. The summed E-state index contributed by atoms with van der Waals surface area (Å²) < 4.78 is 0. The van der Waals surface area contributed by atoms with Crippen LogP contribution in [0, 0.1) is 0 Å². The number of aryl methyl sites for hydroxylation is 1. The molecule has 0 amide bonds. The first-order valence-corrected chi connectivity index (χ1v) is 8.75. The van der Waals surface area contributed by atoms with E-state index in [0.29, 0.717) is 6.04 Å². The zero-order chi connectivity index (χ0) is 15.2. The Bertz CT molecular complexity index is 828. The van der Waals surface area contributed by atoms with Crippen LogP contribution in [0.3, 0.4) is 0 Å². The molecule has 0 fully saturated rings. The van der Waals surface area contributed by atoms with E-state index in [1.165, 1.54) is 47.1 Å². The minimum absolute atomic E-state index is 0.524. The average Bonchev–Trinajstić information content (AvgIpc) is 3.15. The maximum atomic E-state index is 2.52. The minimum Gasteiger partial charge on any atom is -0.370 e. The lowest BCUT2D eigenvalue weighted by Crippen LogP contribution is -2.24. The van der Waals surface area contributed by atoms with Gasteiger partial charge < -0.3 is 4.90 Å². The van der Waals surface area contributed by atoms with Gasteiger partial charge in [-0.25, -0.2) is 0 Å². The molecule has 0 N–H and O–H groups in total.